The van der Waals surface area contributed by atoms with Crippen molar-refractivity contribution in [2.24, 2.45) is 0 Å². The molecule has 1 aliphatic rings. The van der Waals surface area contributed by atoms with Gasteiger partial charge in [-0.2, -0.15) is 0 Å². The van der Waals surface area contributed by atoms with E-state index in [2.05, 4.69) is 10.2 Å². The van der Waals surface area contributed by atoms with Crippen LogP contribution >= 0.6 is 11.3 Å². The molecule has 1 aliphatic heterocycles. The van der Waals surface area contributed by atoms with Crippen molar-refractivity contribution in [2.75, 3.05) is 26.2 Å². The fraction of sp³-hybridized carbons (Fsp3) is 0.400. The molecule has 1 fully saturated rings. The van der Waals surface area contributed by atoms with Crippen LogP contribution in [0.5, 0.6) is 0 Å². The molecule has 5 nitrogen and oxygen atoms in total. The van der Waals surface area contributed by atoms with Gasteiger partial charge in [0, 0.05) is 31.1 Å². The quantitative estimate of drug-likeness (QED) is 0.943. The van der Waals surface area contributed by atoms with E-state index in [9.17, 15) is 4.79 Å². The zero-order valence-electron chi connectivity index (χ0n) is 11.8. The van der Waals surface area contributed by atoms with E-state index in [4.69, 9.17) is 4.42 Å². The lowest BCUT2D eigenvalue weighted by Crippen LogP contribution is -2.51. The van der Waals surface area contributed by atoms with Crippen LogP contribution in [0.15, 0.2) is 40.3 Å². The molecule has 0 aromatic carbocycles. The summed E-state index contributed by atoms with van der Waals surface area (Å²) in [6, 6.07) is 7.95. The molecule has 112 valence electrons. The van der Waals surface area contributed by atoms with Gasteiger partial charge in [-0.1, -0.05) is 6.07 Å². The van der Waals surface area contributed by atoms with Crippen molar-refractivity contribution < 1.29 is 9.21 Å². The Bertz CT molecular complexity index is 546. The lowest BCUT2D eigenvalue weighted by molar-refractivity contribution is 0.130. The van der Waals surface area contributed by atoms with Crippen LogP contribution in [0.4, 0.5) is 4.79 Å². The molecule has 6 heteroatoms. The first kappa shape index (κ1) is 14.2. The zero-order valence-corrected chi connectivity index (χ0v) is 12.6. The molecule has 0 aliphatic carbocycles. The predicted molar refractivity (Wildman–Crippen MR) is 82.1 cm³/mol. The summed E-state index contributed by atoms with van der Waals surface area (Å²) >= 11 is 1.66. The maximum Gasteiger partial charge on any atom is 0.317 e. The van der Waals surface area contributed by atoms with Crippen molar-refractivity contribution in [2.45, 2.75) is 13.1 Å². The number of thiophene rings is 1. The number of furan rings is 1. The summed E-state index contributed by atoms with van der Waals surface area (Å²) in [7, 11) is 0. The van der Waals surface area contributed by atoms with Gasteiger partial charge in [0.15, 0.2) is 0 Å². The zero-order chi connectivity index (χ0) is 14.5. The fourth-order valence-electron chi connectivity index (χ4n) is 2.42. The minimum atomic E-state index is 0.0287. The van der Waals surface area contributed by atoms with Crippen LogP contribution in [0.2, 0.25) is 0 Å². The van der Waals surface area contributed by atoms with Gasteiger partial charge >= 0.3 is 6.03 Å². The van der Waals surface area contributed by atoms with Crippen molar-refractivity contribution >= 4 is 17.4 Å². The van der Waals surface area contributed by atoms with E-state index in [1.54, 1.807) is 17.6 Å². The van der Waals surface area contributed by atoms with Gasteiger partial charge in [-0.15, -0.1) is 11.3 Å². The molecule has 3 rings (SSSR count). The van der Waals surface area contributed by atoms with E-state index in [-0.39, 0.29) is 6.03 Å². The van der Waals surface area contributed by atoms with Gasteiger partial charge in [0.1, 0.15) is 5.76 Å². The number of amides is 2. The summed E-state index contributed by atoms with van der Waals surface area (Å²) in [4.78, 5) is 17.5. The fourth-order valence-corrected chi connectivity index (χ4v) is 3.06. The van der Waals surface area contributed by atoms with Crippen molar-refractivity contribution in [3.63, 3.8) is 0 Å². The van der Waals surface area contributed by atoms with Crippen LogP contribution in [0.1, 0.15) is 10.6 Å². The van der Waals surface area contributed by atoms with E-state index in [0.717, 1.165) is 38.5 Å². The summed E-state index contributed by atoms with van der Waals surface area (Å²) in [5.74, 6) is 0.977. The van der Waals surface area contributed by atoms with Crippen LogP contribution < -0.4 is 5.32 Å². The third kappa shape index (κ3) is 3.86. The summed E-state index contributed by atoms with van der Waals surface area (Å²) in [6.45, 7) is 4.72. The standard InChI is InChI=1S/C15H19N3O2S/c19-15(16-11-14-4-2-10-21-14)18-7-5-17(6-8-18)12-13-3-1-9-20-13/h1-4,9-10H,5-8,11-12H2,(H,16,19). The molecule has 2 aromatic rings. The molecule has 3 heterocycles. The second kappa shape index (κ2) is 6.78. The van der Waals surface area contributed by atoms with Gasteiger partial charge in [0.25, 0.3) is 0 Å². The highest BCUT2D eigenvalue weighted by Gasteiger charge is 2.21. The van der Waals surface area contributed by atoms with E-state index >= 15 is 0 Å². The lowest BCUT2D eigenvalue weighted by atomic mass is 10.3. The average molecular weight is 305 g/mol. The van der Waals surface area contributed by atoms with Gasteiger partial charge in [0.05, 0.1) is 19.4 Å². The Labute approximate surface area is 128 Å². The first-order chi connectivity index (χ1) is 10.3. The Kier molecular flexibility index (Phi) is 4.57. The number of urea groups is 1. The predicted octanol–water partition coefficient (Wildman–Crippen LogP) is 2.37. The summed E-state index contributed by atoms with van der Waals surface area (Å²) in [6.07, 6.45) is 1.70. The van der Waals surface area contributed by atoms with Crippen LogP contribution in [-0.4, -0.2) is 42.0 Å². The van der Waals surface area contributed by atoms with Gasteiger partial charge < -0.3 is 14.6 Å². The van der Waals surface area contributed by atoms with Crippen molar-refractivity contribution in [1.82, 2.24) is 15.1 Å². The van der Waals surface area contributed by atoms with E-state index in [1.165, 1.54) is 4.88 Å². The van der Waals surface area contributed by atoms with Gasteiger partial charge in [-0.25, -0.2) is 4.79 Å². The highest BCUT2D eigenvalue weighted by Crippen LogP contribution is 2.10. The number of hydrogen-bond acceptors (Lipinski definition) is 4. The van der Waals surface area contributed by atoms with Gasteiger partial charge in [-0.3, -0.25) is 4.90 Å². The van der Waals surface area contributed by atoms with Crippen molar-refractivity contribution in [1.29, 1.82) is 0 Å². The summed E-state index contributed by atoms with van der Waals surface area (Å²) in [5.41, 5.74) is 0. The molecular weight excluding hydrogens is 286 g/mol. The van der Waals surface area contributed by atoms with Crippen LogP contribution in [-0.2, 0) is 13.1 Å². The molecule has 2 aromatic heterocycles. The number of rotatable bonds is 4. The summed E-state index contributed by atoms with van der Waals surface area (Å²) in [5, 5.41) is 5.00. The van der Waals surface area contributed by atoms with Crippen molar-refractivity contribution in [3.8, 4) is 0 Å². The van der Waals surface area contributed by atoms with E-state index in [1.807, 2.05) is 34.5 Å². The molecular formula is C15H19N3O2S. The third-order valence-electron chi connectivity index (χ3n) is 3.61. The number of nitrogens with one attached hydrogen (secondary N) is 1. The average Bonchev–Trinajstić information content (AvgIpc) is 3.19. The topological polar surface area (TPSA) is 48.7 Å². The molecule has 0 unspecified atom stereocenters. The van der Waals surface area contributed by atoms with Crippen LogP contribution in [0, 0.1) is 0 Å². The molecule has 0 bridgehead atoms. The van der Waals surface area contributed by atoms with E-state index in [0.29, 0.717) is 6.54 Å². The highest BCUT2D eigenvalue weighted by molar-refractivity contribution is 7.09. The Balaban J connectivity index is 1.41. The first-order valence-electron chi connectivity index (χ1n) is 7.11. The number of hydrogen-bond donors (Lipinski definition) is 1. The smallest absolute Gasteiger partial charge is 0.317 e. The highest BCUT2D eigenvalue weighted by atomic mass is 32.1. The molecule has 21 heavy (non-hydrogen) atoms. The minimum absolute atomic E-state index is 0.0287. The maximum absolute atomic E-state index is 12.1. The molecule has 1 N–H and O–H groups in total. The lowest BCUT2D eigenvalue weighted by Gasteiger charge is -2.34. The largest absolute Gasteiger partial charge is 0.468 e. The molecule has 2 amide bonds. The Morgan fingerprint density at radius 3 is 2.76 bits per heavy atom. The number of piperazine rings is 1. The Morgan fingerprint density at radius 2 is 2.10 bits per heavy atom. The Morgan fingerprint density at radius 1 is 1.24 bits per heavy atom. The van der Waals surface area contributed by atoms with Gasteiger partial charge in [-0.05, 0) is 23.6 Å². The van der Waals surface area contributed by atoms with E-state index < -0.39 is 0 Å². The molecule has 0 atom stereocenters. The Hall–Kier alpha value is -1.79. The third-order valence-corrected chi connectivity index (χ3v) is 4.49. The molecule has 1 saturated heterocycles. The number of nitrogens with zero attached hydrogens (tertiary/aromatic N) is 2. The number of carbonyl (C=O) groups is 1. The molecule has 0 spiro atoms. The molecule has 0 radical (unpaired) electrons. The monoisotopic (exact) mass is 305 g/mol. The van der Waals surface area contributed by atoms with Crippen molar-refractivity contribution in [3.05, 3.63) is 46.5 Å². The maximum atomic E-state index is 12.1. The summed E-state index contributed by atoms with van der Waals surface area (Å²) < 4.78 is 5.36. The minimum Gasteiger partial charge on any atom is -0.468 e. The SMILES string of the molecule is O=C(NCc1cccs1)N1CCN(Cc2ccco2)CC1. The molecule has 0 saturated carbocycles. The van der Waals surface area contributed by atoms with Crippen LogP contribution in [0.3, 0.4) is 0 Å². The normalized spacial score (nSPS) is 16.1. The van der Waals surface area contributed by atoms with Crippen LogP contribution in [0.25, 0.3) is 0 Å². The second-order valence-corrected chi connectivity index (χ2v) is 6.11. The number of carbonyl (C=O) groups excluding carboxylic acids is 1. The first-order valence-corrected chi connectivity index (χ1v) is 7.99. The second-order valence-electron chi connectivity index (χ2n) is 5.08. The van der Waals surface area contributed by atoms with Gasteiger partial charge in [0.2, 0.25) is 0 Å².